The minimum atomic E-state index is -1.12. The van der Waals surface area contributed by atoms with Gasteiger partial charge < -0.3 is 10.1 Å². The number of amides is 1. The third kappa shape index (κ3) is 4.46. The summed E-state index contributed by atoms with van der Waals surface area (Å²) in [4.78, 5) is 21.0. The quantitative estimate of drug-likeness (QED) is 0.460. The number of pyridine rings is 1. The molecule has 0 fully saturated rings. The zero-order chi connectivity index (χ0) is 20.1. The first-order chi connectivity index (χ1) is 13.5. The number of aliphatic imine (C=N–C) groups is 1. The topological polar surface area (TPSA) is 104 Å². The third-order valence-electron chi connectivity index (χ3n) is 3.73. The van der Waals surface area contributed by atoms with Crippen molar-refractivity contribution in [1.29, 1.82) is 0 Å². The van der Waals surface area contributed by atoms with Crippen molar-refractivity contribution >= 4 is 28.7 Å². The fraction of sp³-hybridized carbons (Fsp3) is 0.222. The maximum Gasteiger partial charge on any atom is 0.258 e. The number of carbonyl (C=O) groups excluding carboxylic acids is 1. The smallest absolute Gasteiger partial charge is 0.258 e. The number of aromatic amines is 1. The van der Waals surface area contributed by atoms with Crippen LogP contribution in [0.1, 0.15) is 17.3 Å². The van der Waals surface area contributed by atoms with Crippen molar-refractivity contribution in [3.63, 3.8) is 0 Å². The second kappa shape index (κ2) is 8.53. The van der Waals surface area contributed by atoms with Crippen LogP contribution in [0.25, 0.3) is 11.0 Å². The van der Waals surface area contributed by atoms with Gasteiger partial charge in [-0.25, -0.2) is 13.8 Å². The van der Waals surface area contributed by atoms with Crippen molar-refractivity contribution in [2.75, 3.05) is 19.0 Å². The highest BCUT2D eigenvalue weighted by Gasteiger charge is 2.15. The molecule has 1 aromatic carbocycles. The summed E-state index contributed by atoms with van der Waals surface area (Å²) in [5, 5.41) is 12.4. The van der Waals surface area contributed by atoms with Crippen LogP contribution in [-0.4, -0.2) is 46.8 Å². The maximum absolute atomic E-state index is 13.4. The fourth-order valence-corrected chi connectivity index (χ4v) is 2.46. The van der Waals surface area contributed by atoms with Gasteiger partial charge in [-0.3, -0.25) is 20.2 Å². The summed E-state index contributed by atoms with van der Waals surface area (Å²) in [6, 6.07) is 6.13. The van der Waals surface area contributed by atoms with Crippen molar-refractivity contribution in [3.05, 3.63) is 53.7 Å². The Kier molecular flexibility index (Phi) is 5.90. The van der Waals surface area contributed by atoms with Gasteiger partial charge in [0.05, 0.1) is 18.2 Å². The number of hydrogen-bond donors (Lipinski definition) is 3. The Balaban J connectivity index is 1.86. The number of nitrogens with one attached hydrogen (secondary N) is 3. The Hall–Kier alpha value is -3.40. The predicted molar refractivity (Wildman–Crippen MR) is 100 cm³/mol. The van der Waals surface area contributed by atoms with E-state index in [1.54, 1.807) is 25.3 Å². The Labute approximate surface area is 159 Å². The van der Waals surface area contributed by atoms with Crippen LogP contribution in [0.5, 0.6) is 0 Å². The monoisotopic (exact) mass is 388 g/mol. The van der Waals surface area contributed by atoms with E-state index in [-0.39, 0.29) is 17.6 Å². The molecule has 3 N–H and O–H groups in total. The number of methoxy groups -OCH3 is 1. The molecule has 2 aromatic heterocycles. The molecule has 1 atom stereocenters. The number of ether oxygens (including phenoxy) is 1. The molecule has 146 valence electrons. The van der Waals surface area contributed by atoms with Gasteiger partial charge in [-0.05, 0) is 37.3 Å². The van der Waals surface area contributed by atoms with Crippen molar-refractivity contribution in [3.8, 4) is 0 Å². The molecule has 28 heavy (non-hydrogen) atoms. The number of anilines is 1. The minimum absolute atomic E-state index is 0.0576. The molecule has 3 rings (SSSR count). The number of hydrogen-bond acceptors (Lipinski definition) is 5. The lowest BCUT2D eigenvalue weighted by molar-refractivity contribution is 0.0976. The standard InChI is InChI=1S/C18H18F2N6O2/c1-10(9-28-2)22-18(23-16-15-14(25-26-16)4-3-7-21-15)24-17(27)11-5-6-12(19)13(20)8-11/h3-8,10H,9H2,1-2H3,(H3,22,23,24,25,26,27)/t10-/m0/s1. The SMILES string of the molecule is COC[C@H](C)N=C(NC(=O)c1ccc(F)c(F)c1)Nc1n[nH]c2cccnc12. The summed E-state index contributed by atoms with van der Waals surface area (Å²) in [7, 11) is 1.53. The summed E-state index contributed by atoms with van der Waals surface area (Å²) in [6.07, 6.45) is 1.60. The number of carbonyl (C=O) groups is 1. The number of H-pyrrole nitrogens is 1. The average molecular weight is 388 g/mol. The molecule has 0 unspecified atom stereocenters. The van der Waals surface area contributed by atoms with Crippen LogP contribution in [-0.2, 0) is 4.74 Å². The van der Waals surface area contributed by atoms with Gasteiger partial charge in [0.2, 0.25) is 5.96 Å². The number of aromatic nitrogens is 3. The van der Waals surface area contributed by atoms with E-state index in [1.165, 1.54) is 13.2 Å². The van der Waals surface area contributed by atoms with E-state index in [2.05, 4.69) is 30.8 Å². The molecule has 8 nitrogen and oxygen atoms in total. The summed E-state index contributed by atoms with van der Waals surface area (Å²) in [6.45, 7) is 2.10. The van der Waals surface area contributed by atoms with Crippen molar-refractivity contribution in [1.82, 2.24) is 20.5 Å². The Morgan fingerprint density at radius 1 is 1.32 bits per heavy atom. The normalized spacial score (nSPS) is 12.8. The third-order valence-corrected chi connectivity index (χ3v) is 3.73. The predicted octanol–water partition coefficient (Wildman–Crippen LogP) is 2.47. The second-order valence-corrected chi connectivity index (χ2v) is 5.96. The number of nitrogens with zero attached hydrogens (tertiary/aromatic N) is 3. The zero-order valence-electron chi connectivity index (χ0n) is 15.2. The number of rotatable bonds is 5. The zero-order valence-corrected chi connectivity index (χ0v) is 15.2. The van der Waals surface area contributed by atoms with Gasteiger partial charge in [0.1, 0.15) is 5.52 Å². The Morgan fingerprint density at radius 3 is 2.89 bits per heavy atom. The molecule has 0 aliphatic carbocycles. The number of fused-ring (bicyclic) bond motifs is 1. The van der Waals surface area contributed by atoms with E-state index in [9.17, 15) is 13.6 Å². The fourth-order valence-electron chi connectivity index (χ4n) is 2.46. The molecule has 0 aliphatic rings. The van der Waals surface area contributed by atoms with Crippen molar-refractivity contribution in [2.24, 2.45) is 4.99 Å². The lowest BCUT2D eigenvalue weighted by Gasteiger charge is -2.13. The van der Waals surface area contributed by atoms with Crippen LogP contribution in [0, 0.1) is 11.6 Å². The molecule has 0 saturated heterocycles. The number of halogens is 2. The van der Waals surface area contributed by atoms with Crippen LogP contribution < -0.4 is 10.6 Å². The second-order valence-electron chi connectivity index (χ2n) is 5.96. The molecule has 0 spiro atoms. The van der Waals surface area contributed by atoms with Gasteiger partial charge in [0.25, 0.3) is 5.91 Å². The largest absolute Gasteiger partial charge is 0.382 e. The van der Waals surface area contributed by atoms with E-state index in [4.69, 9.17) is 4.74 Å². The van der Waals surface area contributed by atoms with Crippen LogP contribution in [0.2, 0.25) is 0 Å². The first kappa shape index (κ1) is 19.4. The molecular formula is C18H18F2N6O2. The van der Waals surface area contributed by atoms with E-state index < -0.39 is 17.5 Å². The van der Waals surface area contributed by atoms with E-state index >= 15 is 0 Å². The van der Waals surface area contributed by atoms with Crippen molar-refractivity contribution < 1.29 is 18.3 Å². The molecule has 0 saturated carbocycles. The Bertz CT molecular complexity index is 1020. The number of guanidine groups is 1. The van der Waals surface area contributed by atoms with E-state index in [1.807, 2.05) is 0 Å². The van der Waals surface area contributed by atoms with Gasteiger partial charge in [-0.1, -0.05) is 0 Å². The summed E-state index contributed by atoms with van der Waals surface area (Å²) >= 11 is 0. The molecule has 1 amide bonds. The molecule has 10 heteroatoms. The molecule has 2 heterocycles. The maximum atomic E-state index is 13.4. The first-order valence-corrected chi connectivity index (χ1v) is 8.37. The van der Waals surface area contributed by atoms with E-state index in [0.717, 1.165) is 12.1 Å². The summed E-state index contributed by atoms with van der Waals surface area (Å²) in [5.41, 5.74) is 1.19. The van der Waals surface area contributed by atoms with E-state index in [0.29, 0.717) is 23.5 Å². The molecule has 3 aromatic rings. The highest BCUT2D eigenvalue weighted by atomic mass is 19.2. The van der Waals surface area contributed by atoms with Crippen LogP contribution >= 0.6 is 0 Å². The highest BCUT2D eigenvalue weighted by molar-refractivity contribution is 6.11. The van der Waals surface area contributed by atoms with Gasteiger partial charge >= 0.3 is 0 Å². The van der Waals surface area contributed by atoms with Gasteiger partial charge in [0, 0.05) is 18.9 Å². The molecule has 0 aliphatic heterocycles. The Morgan fingerprint density at radius 2 is 2.14 bits per heavy atom. The lowest BCUT2D eigenvalue weighted by atomic mass is 10.2. The minimum Gasteiger partial charge on any atom is -0.382 e. The van der Waals surface area contributed by atoms with Crippen LogP contribution in [0.3, 0.4) is 0 Å². The molecular weight excluding hydrogens is 370 g/mol. The van der Waals surface area contributed by atoms with Crippen LogP contribution in [0.4, 0.5) is 14.6 Å². The van der Waals surface area contributed by atoms with Gasteiger partial charge in [0.15, 0.2) is 17.5 Å². The van der Waals surface area contributed by atoms with Crippen LogP contribution in [0.15, 0.2) is 41.5 Å². The number of benzene rings is 1. The summed E-state index contributed by atoms with van der Waals surface area (Å²) < 4.78 is 31.6. The highest BCUT2D eigenvalue weighted by Crippen LogP contribution is 2.17. The lowest BCUT2D eigenvalue weighted by Crippen LogP contribution is -2.37. The molecule has 0 radical (unpaired) electrons. The average Bonchev–Trinajstić information content (AvgIpc) is 3.07. The van der Waals surface area contributed by atoms with Gasteiger partial charge in [-0.15, -0.1) is 0 Å². The van der Waals surface area contributed by atoms with Gasteiger partial charge in [-0.2, -0.15) is 5.10 Å². The van der Waals surface area contributed by atoms with Crippen molar-refractivity contribution in [2.45, 2.75) is 13.0 Å². The summed E-state index contributed by atoms with van der Waals surface area (Å²) in [5.74, 6) is -2.40. The molecule has 0 bridgehead atoms. The first-order valence-electron chi connectivity index (χ1n) is 8.37.